The molecule has 1 amide bonds. The van der Waals surface area contributed by atoms with Crippen LogP contribution < -0.4 is 4.72 Å². The fourth-order valence-corrected chi connectivity index (χ4v) is 6.87. The predicted molar refractivity (Wildman–Crippen MR) is 136 cm³/mol. The highest BCUT2D eigenvalue weighted by atomic mass is 32.2. The van der Waals surface area contributed by atoms with Crippen molar-refractivity contribution in [1.82, 2.24) is 9.62 Å². The fourth-order valence-electron chi connectivity index (χ4n) is 4.43. The number of sulfonamides is 1. The molecule has 1 aliphatic carbocycles. The molecule has 7 nitrogen and oxygen atoms in total. The third-order valence-corrected chi connectivity index (χ3v) is 14.4. The van der Waals surface area contributed by atoms with Crippen LogP contribution in [0.5, 0.6) is 0 Å². The summed E-state index contributed by atoms with van der Waals surface area (Å²) >= 11 is 0. The summed E-state index contributed by atoms with van der Waals surface area (Å²) in [6.45, 7) is 23.1. The molecule has 33 heavy (non-hydrogen) atoms. The normalized spacial score (nSPS) is 24.9. The number of nitrogens with zero attached hydrogens (tertiary/aromatic N) is 1. The van der Waals surface area contributed by atoms with Gasteiger partial charge < -0.3 is 14.1 Å². The van der Waals surface area contributed by atoms with Crippen LogP contribution in [0.1, 0.15) is 88.0 Å². The van der Waals surface area contributed by atoms with E-state index in [0.29, 0.717) is 19.5 Å². The zero-order valence-electron chi connectivity index (χ0n) is 22.8. The van der Waals surface area contributed by atoms with Crippen LogP contribution in [0.3, 0.4) is 0 Å². The third-order valence-electron chi connectivity index (χ3n) is 7.65. The first kappa shape index (κ1) is 28.6. The Bertz CT molecular complexity index is 813. The summed E-state index contributed by atoms with van der Waals surface area (Å²) in [5.74, 6) is 0. The van der Waals surface area contributed by atoms with Gasteiger partial charge in [0.25, 0.3) is 0 Å². The summed E-state index contributed by atoms with van der Waals surface area (Å²) < 4.78 is 40.7. The third kappa shape index (κ3) is 6.73. The minimum Gasteiger partial charge on any atom is -0.444 e. The lowest BCUT2D eigenvalue weighted by molar-refractivity contribution is 0.00699. The smallest absolute Gasteiger partial charge is 0.410 e. The first-order valence-corrected chi connectivity index (χ1v) is 16.7. The van der Waals surface area contributed by atoms with Crippen molar-refractivity contribution < 1.29 is 22.4 Å². The van der Waals surface area contributed by atoms with Gasteiger partial charge in [-0.2, -0.15) is 0 Å². The fraction of sp³-hybridized carbons (Fsp3) is 0.958. The van der Waals surface area contributed by atoms with E-state index >= 15 is 0 Å². The summed E-state index contributed by atoms with van der Waals surface area (Å²) in [5.41, 5.74) is -0.754. The van der Waals surface area contributed by atoms with Crippen LogP contribution in [0, 0.1) is 5.41 Å². The average molecular weight is 505 g/mol. The Morgan fingerprint density at radius 1 is 1.00 bits per heavy atom. The molecule has 2 aliphatic rings. The Morgan fingerprint density at radius 3 is 1.94 bits per heavy atom. The lowest BCUT2D eigenvalue weighted by atomic mass is 9.74. The van der Waals surface area contributed by atoms with E-state index in [1.165, 1.54) is 0 Å². The molecule has 9 heteroatoms. The molecule has 2 rings (SSSR count). The van der Waals surface area contributed by atoms with Gasteiger partial charge in [0.15, 0.2) is 8.32 Å². The number of carbonyl (C=O) groups excluding carboxylic acids is 1. The number of hydrogen-bond acceptors (Lipinski definition) is 5. The van der Waals surface area contributed by atoms with Gasteiger partial charge in [0.1, 0.15) is 5.60 Å². The largest absolute Gasteiger partial charge is 0.444 e. The van der Waals surface area contributed by atoms with Gasteiger partial charge in [-0.1, -0.05) is 20.8 Å². The Morgan fingerprint density at radius 2 is 1.52 bits per heavy atom. The highest BCUT2D eigenvalue weighted by Crippen LogP contribution is 2.50. The van der Waals surface area contributed by atoms with Crippen LogP contribution in [0.15, 0.2) is 0 Å². The number of amides is 1. The molecule has 0 aromatic rings. The number of likely N-dealkylation sites (tertiary alicyclic amines) is 1. The number of piperidine rings is 1. The second kappa shape index (κ2) is 9.10. The van der Waals surface area contributed by atoms with E-state index in [1.54, 1.807) is 25.7 Å². The maximum atomic E-state index is 13.1. The second-order valence-corrected chi connectivity index (χ2v) is 20.8. The van der Waals surface area contributed by atoms with E-state index in [0.717, 1.165) is 19.3 Å². The topological polar surface area (TPSA) is 84.9 Å². The molecular formula is C24H48N2O5SSi. The molecule has 0 aromatic carbocycles. The van der Waals surface area contributed by atoms with Crippen molar-refractivity contribution in [2.45, 2.75) is 129 Å². The van der Waals surface area contributed by atoms with Crippen LogP contribution in [0.2, 0.25) is 18.1 Å². The molecule has 1 saturated carbocycles. The Balaban J connectivity index is 2.24. The number of hydrogen-bond donors (Lipinski definition) is 1. The summed E-state index contributed by atoms with van der Waals surface area (Å²) in [4.78, 5) is 14.4. The standard InChI is InChI=1S/C24H48N2O5SSi/c1-21(2,3)30-20(27)26-14-12-24(13-15-26)17-18(31-33(10,11)23(7,8)9)16-19(24)25-32(28,29)22(4,5)6/h18-19,25H,12-17H2,1-11H3/t18-,19-/m1/s1. The second-order valence-electron chi connectivity index (χ2n) is 13.6. The summed E-state index contributed by atoms with van der Waals surface area (Å²) in [6, 6.07) is -0.197. The molecule has 194 valence electrons. The van der Waals surface area contributed by atoms with Crippen LogP contribution in [-0.4, -0.2) is 63.3 Å². The molecule has 0 bridgehead atoms. The molecule has 2 atom stereocenters. The van der Waals surface area contributed by atoms with E-state index in [4.69, 9.17) is 9.16 Å². The van der Waals surface area contributed by atoms with Crippen LogP contribution in [-0.2, 0) is 19.2 Å². The zero-order valence-corrected chi connectivity index (χ0v) is 24.6. The van der Waals surface area contributed by atoms with Gasteiger partial charge in [-0.05, 0) is 90.8 Å². The van der Waals surface area contributed by atoms with Crippen LogP contribution in [0.4, 0.5) is 4.79 Å². The first-order valence-electron chi connectivity index (χ1n) is 12.3. The summed E-state index contributed by atoms with van der Waals surface area (Å²) in [5, 5.41) is 0.0866. The highest BCUT2D eigenvalue weighted by molar-refractivity contribution is 7.90. The van der Waals surface area contributed by atoms with E-state index in [9.17, 15) is 13.2 Å². The van der Waals surface area contributed by atoms with Crippen molar-refractivity contribution in [2.75, 3.05) is 13.1 Å². The van der Waals surface area contributed by atoms with Gasteiger partial charge in [-0.3, -0.25) is 0 Å². The van der Waals surface area contributed by atoms with Gasteiger partial charge in [0.2, 0.25) is 10.0 Å². The molecule has 1 N–H and O–H groups in total. The average Bonchev–Trinajstić information content (AvgIpc) is 2.87. The van der Waals surface area contributed by atoms with Gasteiger partial charge >= 0.3 is 6.09 Å². The van der Waals surface area contributed by atoms with Crippen molar-refractivity contribution in [3.05, 3.63) is 0 Å². The molecule has 1 spiro atoms. The van der Waals surface area contributed by atoms with Crippen LogP contribution >= 0.6 is 0 Å². The highest BCUT2D eigenvalue weighted by Gasteiger charge is 2.53. The first-order chi connectivity index (χ1) is 14.6. The van der Waals surface area contributed by atoms with Crippen molar-refractivity contribution in [2.24, 2.45) is 5.41 Å². The number of rotatable bonds is 4. The maximum absolute atomic E-state index is 13.1. The SMILES string of the molecule is CC(C)(C)OC(=O)N1CCC2(CC1)C[C@H](O[Si](C)(C)C(C)(C)C)C[C@H]2NS(=O)(=O)C(C)(C)C. The van der Waals surface area contributed by atoms with Gasteiger partial charge in [0, 0.05) is 25.2 Å². The zero-order chi connectivity index (χ0) is 25.7. The molecule has 0 unspecified atom stereocenters. The number of nitrogens with one attached hydrogen (secondary N) is 1. The Hall–Kier alpha value is -0.643. The van der Waals surface area contributed by atoms with Gasteiger partial charge in [-0.25, -0.2) is 17.9 Å². The van der Waals surface area contributed by atoms with E-state index in [-0.39, 0.29) is 28.7 Å². The van der Waals surface area contributed by atoms with Crippen molar-refractivity contribution >= 4 is 24.4 Å². The molecule has 1 saturated heterocycles. The summed E-state index contributed by atoms with van der Waals surface area (Å²) in [6.07, 6.45) is 2.69. The van der Waals surface area contributed by atoms with E-state index < -0.39 is 28.7 Å². The Labute approximate surface area is 203 Å². The van der Waals surface area contributed by atoms with Gasteiger partial charge in [-0.15, -0.1) is 0 Å². The number of carbonyl (C=O) groups is 1. The lowest BCUT2D eigenvalue weighted by Crippen LogP contribution is -2.54. The Kier molecular flexibility index (Phi) is 7.88. The van der Waals surface area contributed by atoms with E-state index in [2.05, 4.69) is 38.6 Å². The maximum Gasteiger partial charge on any atom is 0.410 e. The molecule has 0 aromatic heterocycles. The van der Waals surface area contributed by atoms with Gasteiger partial charge in [0.05, 0.1) is 4.75 Å². The minimum absolute atomic E-state index is 0.0200. The molecular weight excluding hydrogens is 456 g/mol. The number of ether oxygens (including phenoxy) is 1. The van der Waals surface area contributed by atoms with Crippen molar-refractivity contribution in [1.29, 1.82) is 0 Å². The molecule has 1 aliphatic heterocycles. The predicted octanol–water partition coefficient (Wildman–Crippen LogP) is 5.27. The molecule has 2 fully saturated rings. The van der Waals surface area contributed by atoms with E-state index in [1.807, 2.05) is 20.8 Å². The monoisotopic (exact) mass is 504 g/mol. The summed E-state index contributed by atoms with van der Waals surface area (Å²) in [7, 11) is -5.50. The molecule has 0 radical (unpaired) electrons. The lowest BCUT2D eigenvalue weighted by Gasteiger charge is -2.44. The minimum atomic E-state index is -3.51. The van der Waals surface area contributed by atoms with Crippen LogP contribution in [0.25, 0.3) is 0 Å². The van der Waals surface area contributed by atoms with Crippen molar-refractivity contribution in [3.8, 4) is 0 Å². The van der Waals surface area contributed by atoms with Crippen molar-refractivity contribution in [3.63, 3.8) is 0 Å². The quantitative estimate of drug-likeness (QED) is 0.527. The molecule has 1 heterocycles.